The van der Waals surface area contributed by atoms with Crippen LogP contribution in [0, 0.1) is 6.92 Å². The number of unbranched alkanes of at least 4 members (excludes halogenated alkanes) is 1. The first-order valence-electron chi connectivity index (χ1n) is 6.40. The van der Waals surface area contributed by atoms with Crippen LogP contribution in [-0.4, -0.2) is 21.9 Å². The van der Waals surface area contributed by atoms with E-state index in [2.05, 4.69) is 35.3 Å². The Morgan fingerprint density at radius 3 is 3.00 bits per heavy atom. The fourth-order valence-corrected chi connectivity index (χ4v) is 2.55. The van der Waals surface area contributed by atoms with Gasteiger partial charge in [0.05, 0.1) is 5.75 Å². The smallest absolute Gasteiger partial charge is 0.226 e. The Morgan fingerprint density at radius 2 is 2.21 bits per heavy atom. The Kier molecular flexibility index (Phi) is 5.42. The zero-order valence-electron chi connectivity index (χ0n) is 11.0. The number of hydrogen-bond acceptors (Lipinski definition) is 5. The Bertz CT molecular complexity index is 514. The molecule has 0 amide bonds. The van der Waals surface area contributed by atoms with Crippen molar-refractivity contribution in [2.24, 2.45) is 0 Å². The van der Waals surface area contributed by atoms with Crippen LogP contribution in [0.25, 0.3) is 0 Å². The molecule has 0 bridgehead atoms. The van der Waals surface area contributed by atoms with Gasteiger partial charge < -0.3 is 9.63 Å². The number of aliphatic hydroxyl groups is 1. The van der Waals surface area contributed by atoms with Crippen LogP contribution < -0.4 is 0 Å². The van der Waals surface area contributed by atoms with Crippen molar-refractivity contribution in [3.8, 4) is 0 Å². The monoisotopic (exact) mass is 278 g/mol. The molecular formula is C14H18N2O2S. The summed E-state index contributed by atoms with van der Waals surface area (Å²) in [5, 5.41) is 12.7. The average Bonchev–Trinajstić information content (AvgIpc) is 2.85. The summed E-state index contributed by atoms with van der Waals surface area (Å²) in [5.41, 5.74) is 1.25. The van der Waals surface area contributed by atoms with Gasteiger partial charge in [-0.25, -0.2) is 0 Å². The van der Waals surface area contributed by atoms with Crippen LogP contribution >= 0.6 is 11.8 Å². The molecule has 1 aromatic carbocycles. The summed E-state index contributed by atoms with van der Waals surface area (Å²) in [6.07, 6.45) is 2.39. The molecule has 0 aliphatic carbocycles. The van der Waals surface area contributed by atoms with E-state index < -0.39 is 0 Å². The quantitative estimate of drug-likeness (QED) is 0.623. The van der Waals surface area contributed by atoms with Crippen LogP contribution in [0.5, 0.6) is 0 Å². The molecule has 1 heterocycles. The third-order valence-corrected chi connectivity index (χ3v) is 3.66. The van der Waals surface area contributed by atoms with Crippen LogP contribution in [0.1, 0.15) is 30.1 Å². The highest BCUT2D eigenvalue weighted by Crippen LogP contribution is 2.22. The number of hydrogen-bond donors (Lipinski definition) is 1. The molecule has 0 aliphatic rings. The standard InChI is InChI=1S/C14H18N2O2S/c1-11-5-4-6-12(9-11)19-10-13-15-14(18-16-13)7-2-3-8-17/h4-6,9,17H,2-3,7-8,10H2,1H3. The van der Waals surface area contributed by atoms with Crippen molar-refractivity contribution in [3.63, 3.8) is 0 Å². The lowest BCUT2D eigenvalue weighted by molar-refractivity contribution is 0.280. The summed E-state index contributed by atoms with van der Waals surface area (Å²) < 4.78 is 5.17. The normalized spacial score (nSPS) is 10.8. The minimum Gasteiger partial charge on any atom is -0.396 e. The summed E-state index contributed by atoms with van der Waals surface area (Å²) in [4.78, 5) is 5.55. The first-order valence-corrected chi connectivity index (χ1v) is 7.38. The van der Waals surface area contributed by atoms with E-state index in [-0.39, 0.29) is 6.61 Å². The maximum absolute atomic E-state index is 8.71. The maximum Gasteiger partial charge on any atom is 0.226 e. The lowest BCUT2D eigenvalue weighted by atomic mass is 10.2. The van der Waals surface area contributed by atoms with E-state index in [1.54, 1.807) is 11.8 Å². The number of benzene rings is 1. The van der Waals surface area contributed by atoms with E-state index in [0.29, 0.717) is 11.6 Å². The number of aryl methyl sites for hydroxylation is 2. The van der Waals surface area contributed by atoms with Crippen molar-refractivity contribution in [2.45, 2.75) is 36.8 Å². The van der Waals surface area contributed by atoms with Crippen molar-refractivity contribution in [1.82, 2.24) is 10.1 Å². The number of rotatable bonds is 7. The predicted molar refractivity (Wildman–Crippen MR) is 75.1 cm³/mol. The zero-order chi connectivity index (χ0) is 13.5. The van der Waals surface area contributed by atoms with Crippen LogP contribution in [0.2, 0.25) is 0 Å². The Hall–Kier alpha value is -1.33. The molecule has 0 atom stereocenters. The molecule has 1 N–H and O–H groups in total. The van der Waals surface area contributed by atoms with Gasteiger partial charge in [0.15, 0.2) is 5.82 Å². The Morgan fingerprint density at radius 1 is 1.32 bits per heavy atom. The van der Waals surface area contributed by atoms with Crippen LogP contribution in [-0.2, 0) is 12.2 Å². The molecule has 0 spiro atoms. The second-order valence-electron chi connectivity index (χ2n) is 4.39. The maximum atomic E-state index is 8.71. The van der Waals surface area contributed by atoms with Gasteiger partial charge in [0.1, 0.15) is 0 Å². The van der Waals surface area contributed by atoms with E-state index in [4.69, 9.17) is 9.63 Å². The summed E-state index contributed by atoms with van der Waals surface area (Å²) in [7, 11) is 0. The van der Waals surface area contributed by atoms with E-state index in [1.165, 1.54) is 10.5 Å². The molecule has 0 aliphatic heterocycles. The highest BCUT2D eigenvalue weighted by molar-refractivity contribution is 7.98. The Balaban J connectivity index is 1.83. The molecule has 102 valence electrons. The third kappa shape index (κ3) is 4.69. The second kappa shape index (κ2) is 7.31. The Labute approximate surface area is 117 Å². The van der Waals surface area contributed by atoms with Gasteiger partial charge in [-0.05, 0) is 31.9 Å². The number of nitrogens with zero attached hydrogens (tertiary/aromatic N) is 2. The van der Waals surface area contributed by atoms with E-state index in [1.807, 2.05) is 6.07 Å². The molecule has 0 radical (unpaired) electrons. The topological polar surface area (TPSA) is 59.2 Å². The minimum atomic E-state index is 0.213. The largest absolute Gasteiger partial charge is 0.396 e. The van der Waals surface area contributed by atoms with E-state index in [9.17, 15) is 0 Å². The first kappa shape index (κ1) is 14.1. The van der Waals surface area contributed by atoms with Gasteiger partial charge in [0, 0.05) is 17.9 Å². The van der Waals surface area contributed by atoms with Crippen LogP contribution in [0.15, 0.2) is 33.7 Å². The van der Waals surface area contributed by atoms with Gasteiger partial charge in [-0.1, -0.05) is 22.9 Å². The molecule has 1 aromatic heterocycles. The molecule has 0 saturated heterocycles. The zero-order valence-corrected chi connectivity index (χ0v) is 11.8. The third-order valence-electron chi connectivity index (χ3n) is 2.67. The van der Waals surface area contributed by atoms with Gasteiger partial charge >= 0.3 is 0 Å². The van der Waals surface area contributed by atoms with Crippen molar-refractivity contribution in [3.05, 3.63) is 41.5 Å². The van der Waals surface area contributed by atoms with Gasteiger partial charge in [0.25, 0.3) is 0 Å². The number of aromatic nitrogens is 2. The lowest BCUT2D eigenvalue weighted by Gasteiger charge is -1.99. The van der Waals surface area contributed by atoms with E-state index >= 15 is 0 Å². The SMILES string of the molecule is Cc1cccc(SCc2noc(CCCCO)n2)c1. The number of aliphatic hydroxyl groups excluding tert-OH is 1. The molecule has 2 aromatic rings. The predicted octanol–water partition coefficient (Wildman–Crippen LogP) is 2.99. The molecule has 19 heavy (non-hydrogen) atoms. The molecule has 0 fully saturated rings. The van der Waals surface area contributed by atoms with Crippen molar-refractivity contribution < 1.29 is 9.63 Å². The van der Waals surface area contributed by atoms with Gasteiger partial charge in [-0.2, -0.15) is 4.98 Å². The fraction of sp³-hybridized carbons (Fsp3) is 0.429. The van der Waals surface area contributed by atoms with Gasteiger partial charge in [-0.15, -0.1) is 11.8 Å². The van der Waals surface area contributed by atoms with Crippen molar-refractivity contribution in [2.75, 3.05) is 6.61 Å². The molecule has 0 unspecified atom stereocenters. The summed E-state index contributed by atoms with van der Waals surface area (Å²) in [5.74, 6) is 2.10. The summed E-state index contributed by atoms with van der Waals surface area (Å²) in [6, 6.07) is 8.36. The molecular weight excluding hydrogens is 260 g/mol. The molecule has 5 heteroatoms. The van der Waals surface area contributed by atoms with Crippen molar-refractivity contribution in [1.29, 1.82) is 0 Å². The summed E-state index contributed by atoms with van der Waals surface area (Å²) >= 11 is 1.70. The molecule has 0 saturated carbocycles. The molecule has 2 rings (SSSR count). The molecule has 4 nitrogen and oxygen atoms in total. The second-order valence-corrected chi connectivity index (χ2v) is 5.44. The highest BCUT2D eigenvalue weighted by atomic mass is 32.2. The van der Waals surface area contributed by atoms with Gasteiger partial charge in [0.2, 0.25) is 5.89 Å². The average molecular weight is 278 g/mol. The minimum absolute atomic E-state index is 0.213. The fourth-order valence-electron chi connectivity index (χ4n) is 1.69. The van der Waals surface area contributed by atoms with Crippen molar-refractivity contribution >= 4 is 11.8 Å². The van der Waals surface area contributed by atoms with Crippen LogP contribution in [0.3, 0.4) is 0 Å². The van der Waals surface area contributed by atoms with Crippen LogP contribution in [0.4, 0.5) is 0 Å². The van der Waals surface area contributed by atoms with E-state index in [0.717, 1.165) is 25.1 Å². The number of thioether (sulfide) groups is 1. The highest BCUT2D eigenvalue weighted by Gasteiger charge is 2.06. The summed E-state index contributed by atoms with van der Waals surface area (Å²) in [6.45, 7) is 2.29. The van der Waals surface area contributed by atoms with Gasteiger partial charge in [-0.3, -0.25) is 0 Å². The first-order chi connectivity index (χ1) is 9.28. The lowest BCUT2D eigenvalue weighted by Crippen LogP contribution is -1.90.